The number of carbonyl (C=O) groups excluding carboxylic acids is 2. The minimum absolute atomic E-state index is 0.0593. The lowest BCUT2D eigenvalue weighted by Gasteiger charge is -2.23. The maximum Gasteiger partial charge on any atom is 0.291 e. The smallest absolute Gasteiger partial charge is 0.291 e. The number of hydrogen-bond acceptors (Lipinski definition) is 4. The predicted octanol–water partition coefficient (Wildman–Crippen LogP) is -0.249. The molecule has 0 aliphatic carbocycles. The van der Waals surface area contributed by atoms with Crippen LogP contribution in [0.1, 0.15) is 43.6 Å². The molecule has 0 aliphatic rings. The molecule has 4 N–H and O–H groups in total. The fourth-order valence-corrected chi connectivity index (χ4v) is 1.40. The molecule has 0 unspecified atom stereocenters. The summed E-state index contributed by atoms with van der Waals surface area (Å²) in [5.41, 5.74) is 4.38. The number of nitrogens with zero attached hydrogens (tertiary/aromatic N) is 2. The minimum Gasteiger partial charge on any atom is -0.370 e. The molecule has 0 aromatic carbocycles. The Balaban J connectivity index is 2.68. The second kappa shape index (κ2) is 4.94. The SMILES string of the molecule is CCc1nc(C(=O)NC(C)(C)CC(N)=O)n[nH]1. The molecular formula is C10H17N5O2. The Kier molecular flexibility index (Phi) is 3.82. The van der Waals surface area contributed by atoms with Crippen molar-refractivity contribution in [1.82, 2.24) is 20.5 Å². The number of hydrogen-bond donors (Lipinski definition) is 3. The average molecular weight is 239 g/mol. The Hall–Kier alpha value is -1.92. The normalized spacial score (nSPS) is 11.2. The molecule has 1 aromatic heterocycles. The van der Waals surface area contributed by atoms with E-state index in [0.717, 1.165) is 0 Å². The zero-order valence-electron chi connectivity index (χ0n) is 10.2. The highest BCUT2D eigenvalue weighted by Crippen LogP contribution is 2.08. The van der Waals surface area contributed by atoms with Gasteiger partial charge in [0.25, 0.3) is 5.91 Å². The molecule has 1 heterocycles. The van der Waals surface area contributed by atoms with Crippen molar-refractivity contribution in [1.29, 1.82) is 0 Å². The van der Waals surface area contributed by atoms with Crippen LogP contribution in [0.4, 0.5) is 0 Å². The lowest BCUT2D eigenvalue weighted by atomic mass is 10.0. The lowest BCUT2D eigenvalue weighted by Crippen LogP contribution is -2.46. The summed E-state index contributed by atoms with van der Waals surface area (Å²) in [6.07, 6.45) is 0.731. The molecule has 1 aromatic rings. The van der Waals surface area contributed by atoms with E-state index >= 15 is 0 Å². The molecule has 94 valence electrons. The summed E-state index contributed by atoms with van der Waals surface area (Å²) in [6, 6.07) is 0. The van der Waals surface area contributed by atoms with Gasteiger partial charge in [0.2, 0.25) is 11.7 Å². The second-order valence-corrected chi connectivity index (χ2v) is 4.44. The van der Waals surface area contributed by atoms with E-state index in [1.807, 2.05) is 6.92 Å². The highest BCUT2D eigenvalue weighted by atomic mass is 16.2. The van der Waals surface area contributed by atoms with Crippen molar-refractivity contribution in [2.24, 2.45) is 5.73 Å². The first-order valence-electron chi connectivity index (χ1n) is 5.36. The van der Waals surface area contributed by atoms with E-state index in [-0.39, 0.29) is 12.2 Å². The number of aromatic nitrogens is 3. The van der Waals surface area contributed by atoms with Crippen LogP contribution in [0.25, 0.3) is 0 Å². The van der Waals surface area contributed by atoms with Crippen LogP contribution < -0.4 is 11.1 Å². The summed E-state index contributed by atoms with van der Waals surface area (Å²) in [5.74, 6) is -0.186. The van der Waals surface area contributed by atoms with Crippen LogP contribution in [0, 0.1) is 0 Å². The first-order chi connectivity index (χ1) is 7.84. The van der Waals surface area contributed by atoms with E-state index in [0.29, 0.717) is 12.2 Å². The molecular weight excluding hydrogens is 222 g/mol. The van der Waals surface area contributed by atoms with Crippen molar-refractivity contribution in [3.63, 3.8) is 0 Å². The van der Waals surface area contributed by atoms with Crippen molar-refractivity contribution < 1.29 is 9.59 Å². The number of nitrogens with two attached hydrogens (primary N) is 1. The topological polar surface area (TPSA) is 114 Å². The highest BCUT2D eigenvalue weighted by Gasteiger charge is 2.25. The maximum absolute atomic E-state index is 11.8. The van der Waals surface area contributed by atoms with Crippen LogP contribution in [-0.2, 0) is 11.2 Å². The van der Waals surface area contributed by atoms with Gasteiger partial charge in [-0.05, 0) is 13.8 Å². The summed E-state index contributed by atoms with van der Waals surface area (Å²) in [7, 11) is 0. The third-order valence-corrected chi connectivity index (χ3v) is 2.14. The maximum atomic E-state index is 11.8. The standard InChI is InChI=1S/C10H17N5O2/c1-4-7-12-8(15-14-7)9(17)13-10(2,3)5-6(11)16/h4-5H2,1-3H3,(H2,11,16)(H,13,17)(H,12,14,15). The van der Waals surface area contributed by atoms with Crippen LogP contribution in [0.15, 0.2) is 0 Å². The molecule has 0 aliphatic heterocycles. The summed E-state index contributed by atoms with van der Waals surface area (Å²) in [6.45, 7) is 5.32. The molecule has 7 nitrogen and oxygen atoms in total. The van der Waals surface area contributed by atoms with Gasteiger partial charge in [0.05, 0.1) is 0 Å². The molecule has 0 atom stereocenters. The summed E-state index contributed by atoms with van der Waals surface area (Å²) >= 11 is 0. The Morgan fingerprint density at radius 1 is 1.47 bits per heavy atom. The van der Waals surface area contributed by atoms with E-state index in [1.165, 1.54) is 0 Å². The summed E-state index contributed by atoms with van der Waals surface area (Å²) in [4.78, 5) is 26.6. The largest absolute Gasteiger partial charge is 0.370 e. The molecule has 1 rings (SSSR count). The van der Waals surface area contributed by atoms with Crippen molar-refractivity contribution in [2.45, 2.75) is 39.2 Å². The predicted molar refractivity (Wildman–Crippen MR) is 61.1 cm³/mol. The minimum atomic E-state index is -0.712. The fraction of sp³-hybridized carbons (Fsp3) is 0.600. The Labute approximate surface area is 99.2 Å². The van der Waals surface area contributed by atoms with Crippen molar-refractivity contribution in [3.05, 3.63) is 11.6 Å². The van der Waals surface area contributed by atoms with E-state index < -0.39 is 17.4 Å². The van der Waals surface area contributed by atoms with Gasteiger partial charge in [-0.3, -0.25) is 14.7 Å². The van der Waals surface area contributed by atoms with Crippen LogP contribution >= 0.6 is 0 Å². The van der Waals surface area contributed by atoms with Crippen LogP contribution in [0.5, 0.6) is 0 Å². The van der Waals surface area contributed by atoms with Crippen LogP contribution in [0.3, 0.4) is 0 Å². The van der Waals surface area contributed by atoms with Gasteiger partial charge in [-0.15, -0.1) is 5.10 Å². The molecule has 7 heteroatoms. The van der Waals surface area contributed by atoms with Gasteiger partial charge in [-0.1, -0.05) is 6.92 Å². The van der Waals surface area contributed by atoms with Gasteiger partial charge >= 0.3 is 0 Å². The van der Waals surface area contributed by atoms with Crippen molar-refractivity contribution in [2.75, 3.05) is 0 Å². The van der Waals surface area contributed by atoms with Gasteiger partial charge in [0.1, 0.15) is 5.82 Å². The molecule has 0 fully saturated rings. The van der Waals surface area contributed by atoms with Gasteiger partial charge in [0.15, 0.2) is 0 Å². The Bertz CT molecular complexity index is 424. The van der Waals surface area contributed by atoms with Crippen LogP contribution in [0.2, 0.25) is 0 Å². The molecule has 0 saturated carbocycles. The fourth-order valence-electron chi connectivity index (χ4n) is 1.40. The zero-order chi connectivity index (χ0) is 13.1. The van der Waals surface area contributed by atoms with E-state index in [1.54, 1.807) is 13.8 Å². The monoisotopic (exact) mass is 239 g/mol. The summed E-state index contributed by atoms with van der Waals surface area (Å²) < 4.78 is 0. The Morgan fingerprint density at radius 3 is 2.59 bits per heavy atom. The van der Waals surface area contributed by atoms with E-state index in [9.17, 15) is 9.59 Å². The molecule has 0 spiro atoms. The number of H-pyrrole nitrogens is 1. The zero-order valence-corrected chi connectivity index (χ0v) is 10.2. The first-order valence-corrected chi connectivity index (χ1v) is 5.36. The molecule has 0 bridgehead atoms. The quantitative estimate of drug-likeness (QED) is 0.657. The number of aromatic amines is 1. The second-order valence-electron chi connectivity index (χ2n) is 4.44. The van der Waals surface area contributed by atoms with E-state index in [4.69, 9.17) is 5.73 Å². The van der Waals surface area contributed by atoms with Gasteiger partial charge < -0.3 is 11.1 Å². The molecule has 0 saturated heterocycles. The molecule has 17 heavy (non-hydrogen) atoms. The van der Waals surface area contributed by atoms with Gasteiger partial charge in [0, 0.05) is 18.4 Å². The molecule has 0 radical (unpaired) electrons. The number of primary amides is 1. The van der Waals surface area contributed by atoms with Crippen molar-refractivity contribution in [3.8, 4) is 0 Å². The van der Waals surface area contributed by atoms with Gasteiger partial charge in [-0.25, -0.2) is 4.98 Å². The van der Waals surface area contributed by atoms with Crippen LogP contribution in [-0.4, -0.2) is 32.5 Å². The average Bonchev–Trinajstić information content (AvgIpc) is 2.62. The highest BCUT2D eigenvalue weighted by molar-refractivity contribution is 5.91. The number of amides is 2. The Morgan fingerprint density at radius 2 is 2.12 bits per heavy atom. The third-order valence-electron chi connectivity index (χ3n) is 2.14. The number of nitrogens with one attached hydrogen (secondary N) is 2. The van der Waals surface area contributed by atoms with Gasteiger partial charge in [-0.2, -0.15) is 0 Å². The van der Waals surface area contributed by atoms with Crippen molar-refractivity contribution >= 4 is 11.8 Å². The number of aryl methyl sites for hydroxylation is 1. The third kappa shape index (κ3) is 3.86. The molecule has 2 amide bonds. The number of carbonyl (C=O) groups is 2. The first kappa shape index (κ1) is 13.1. The number of rotatable bonds is 5. The van der Waals surface area contributed by atoms with E-state index in [2.05, 4.69) is 20.5 Å². The lowest BCUT2D eigenvalue weighted by molar-refractivity contribution is -0.119. The summed E-state index contributed by atoms with van der Waals surface area (Å²) in [5, 5.41) is 9.09.